The van der Waals surface area contributed by atoms with Crippen LogP contribution in [-0.2, 0) is 0 Å². The molecule has 0 aromatic heterocycles. The molecule has 0 aliphatic carbocycles. The Morgan fingerprint density at radius 1 is 1.35 bits per heavy atom. The Morgan fingerprint density at radius 2 is 2.00 bits per heavy atom. The van der Waals surface area contributed by atoms with Crippen molar-refractivity contribution < 1.29 is 9.72 Å². The number of benzene rings is 1. The topological polar surface area (TPSA) is 63.4 Å². The minimum atomic E-state index is -0.470. The Balaban J connectivity index is 2.17. The average Bonchev–Trinajstić information content (AvgIpc) is 2.46. The van der Waals surface area contributed by atoms with Crippen LogP contribution < -0.4 is 4.90 Å². The number of non-ortho nitro benzene ring substituents is 1. The maximum atomic E-state index is 11.2. The lowest BCUT2D eigenvalue weighted by Gasteiger charge is -2.35. The zero-order valence-electron chi connectivity index (χ0n) is 11.9. The van der Waals surface area contributed by atoms with Crippen molar-refractivity contribution in [2.45, 2.75) is 26.7 Å². The molecule has 2 rings (SSSR count). The van der Waals surface area contributed by atoms with Crippen LogP contribution in [0.2, 0.25) is 0 Å². The van der Waals surface area contributed by atoms with E-state index in [2.05, 4.69) is 18.7 Å². The Labute approximate surface area is 118 Å². The number of piperidine rings is 1. The van der Waals surface area contributed by atoms with Gasteiger partial charge in [-0.25, -0.2) is 0 Å². The van der Waals surface area contributed by atoms with Gasteiger partial charge in [-0.05, 0) is 30.7 Å². The molecule has 0 saturated carbocycles. The third-order valence-electron chi connectivity index (χ3n) is 4.17. The third-order valence-corrected chi connectivity index (χ3v) is 4.17. The smallest absolute Gasteiger partial charge is 0.270 e. The van der Waals surface area contributed by atoms with Gasteiger partial charge in [0.25, 0.3) is 5.69 Å². The number of carbonyl (C=O) groups excluding carboxylic acids is 1. The van der Waals surface area contributed by atoms with E-state index < -0.39 is 4.92 Å². The fourth-order valence-corrected chi connectivity index (χ4v) is 2.84. The molecule has 1 fully saturated rings. The Kier molecular flexibility index (Phi) is 4.37. The number of hydrogen-bond acceptors (Lipinski definition) is 4. The summed E-state index contributed by atoms with van der Waals surface area (Å²) in [4.78, 5) is 23.6. The van der Waals surface area contributed by atoms with E-state index in [1.807, 2.05) is 0 Å². The lowest BCUT2D eigenvalue weighted by molar-refractivity contribution is -0.384. The third kappa shape index (κ3) is 2.98. The molecule has 1 saturated heterocycles. The van der Waals surface area contributed by atoms with Gasteiger partial charge in [-0.3, -0.25) is 14.9 Å². The van der Waals surface area contributed by atoms with Crippen LogP contribution in [0.3, 0.4) is 0 Å². The van der Waals surface area contributed by atoms with E-state index >= 15 is 0 Å². The lowest BCUT2D eigenvalue weighted by Crippen LogP contribution is -2.35. The van der Waals surface area contributed by atoms with Gasteiger partial charge >= 0.3 is 0 Å². The molecular weight excluding hydrogens is 256 g/mol. The van der Waals surface area contributed by atoms with E-state index in [1.165, 1.54) is 12.1 Å². The predicted octanol–water partition coefficient (Wildman–Crippen LogP) is 3.28. The molecule has 0 bridgehead atoms. The number of nitro benzene ring substituents is 1. The molecule has 0 radical (unpaired) electrons. The molecule has 1 aromatic carbocycles. The highest BCUT2D eigenvalue weighted by Gasteiger charge is 2.23. The number of aldehydes is 1. The predicted molar refractivity (Wildman–Crippen MR) is 78.3 cm³/mol. The van der Waals surface area contributed by atoms with Crippen LogP contribution >= 0.6 is 0 Å². The first-order valence-corrected chi connectivity index (χ1v) is 7.01. The summed E-state index contributed by atoms with van der Waals surface area (Å²) >= 11 is 0. The summed E-state index contributed by atoms with van der Waals surface area (Å²) in [5.74, 6) is 1.41. The van der Waals surface area contributed by atoms with Crippen molar-refractivity contribution in [3.05, 3.63) is 33.9 Å². The van der Waals surface area contributed by atoms with Gasteiger partial charge in [0.05, 0.1) is 4.92 Å². The van der Waals surface area contributed by atoms with Crippen LogP contribution in [0.5, 0.6) is 0 Å². The second-order valence-electron chi connectivity index (χ2n) is 5.69. The zero-order chi connectivity index (χ0) is 14.7. The maximum Gasteiger partial charge on any atom is 0.270 e. The van der Waals surface area contributed by atoms with E-state index in [4.69, 9.17) is 0 Å². The second-order valence-corrected chi connectivity index (χ2v) is 5.69. The fourth-order valence-electron chi connectivity index (χ4n) is 2.84. The molecule has 108 valence electrons. The van der Waals surface area contributed by atoms with Gasteiger partial charge in [-0.15, -0.1) is 0 Å². The zero-order valence-corrected chi connectivity index (χ0v) is 11.9. The van der Waals surface area contributed by atoms with Crippen LogP contribution in [0, 0.1) is 22.0 Å². The van der Waals surface area contributed by atoms with Crippen LogP contribution in [0.25, 0.3) is 0 Å². The minimum Gasteiger partial charge on any atom is -0.371 e. The largest absolute Gasteiger partial charge is 0.371 e. The molecule has 0 unspecified atom stereocenters. The van der Waals surface area contributed by atoms with Crippen molar-refractivity contribution in [2.75, 3.05) is 18.0 Å². The first-order valence-electron chi connectivity index (χ1n) is 7.01. The van der Waals surface area contributed by atoms with Gasteiger partial charge in [0.1, 0.15) is 0 Å². The molecule has 0 amide bonds. The number of nitro groups is 1. The van der Waals surface area contributed by atoms with E-state index in [0.29, 0.717) is 17.8 Å². The van der Waals surface area contributed by atoms with Crippen molar-refractivity contribution in [1.29, 1.82) is 0 Å². The first kappa shape index (κ1) is 14.5. The number of nitrogens with zero attached hydrogens (tertiary/aromatic N) is 2. The van der Waals surface area contributed by atoms with E-state index in [9.17, 15) is 14.9 Å². The minimum absolute atomic E-state index is 0.0343. The van der Waals surface area contributed by atoms with Gasteiger partial charge in [0.15, 0.2) is 6.29 Å². The molecule has 0 atom stereocenters. The molecule has 0 spiro atoms. The van der Waals surface area contributed by atoms with E-state index in [-0.39, 0.29) is 5.69 Å². The summed E-state index contributed by atoms with van der Waals surface area (Å²) in [6.45, 7) is 6.29. The van der Waals surface area contributed by atoms with Crippen LogP contribution in [0.15, 0.2) is 18.2 Å². The monoisotopic (exact) mass is 276 g/mol. The lowest BCUT2D eigenvalue weighted by atomic mass is 9.86. The average molecular weight is 276 g/mol. The van der Waals surface area contributed by atoms with Crippen molar-refractivity contribution >= 4 is 17.7 Å². The SMILES string of the molecule is CC(C)C1CCN(c2ccc([N+](=O)[O-])cc2C=O)CC1. The summed E-state index contributed by atoms with van der Waals surface area (Å²) in [5, 5.41) is 10.8. The van der Waals surface area contributed by atoms with Crippen molar-refractivity contribution in [3.8, 4) is 0 Å². The van der Waals surface area contributed by atoms with Gasteiger partial charge in [-0.1, -0.05) is 13.8 Å². The molecule has 1 aliphatic rings. The molecule has 1 aromatic rings. The quantitative estimate of drug-likeness (QED) is 0.481. The van der Waals surface area contributed by atoms with Gasteiger partial charge in [0, 0.05) is 36.5 Å². The molecule has 1 heterocycles. The molecule has 5 heteroatoms. The standard InChI is InChI=1S/C15H20N2O3/c1-11(2)12-5-7-16(8-6-12)15-4-3-14(17(19)20)9-13(15)10-18/h3-4,9-12H,5-8H2,1-2H3. The Bertz CT molecular complexity index is 506. The molecule has 0 N–H and O–H groups in total. The highest BCUT2D eigenvalue weighted by Crippen LogP contribution is 2.30. The normalized spacial score (nSPS) is 16.4. The molecule has 1 aliphatic heterocycles. The number of anilines is 1. The molecular formula is C15H20N2O3. The number of carbonyl (C=O) groups is 1. The summed E-state index contributed by atoms with van der Waals surface area (Å²) in [7, 11) is 0. The first-order chi connectivity index (χ1) is 9.52. The summed E-state index contributed by atoms with van der Waals surface area (Å²) in [6, 6.07) is 4.52. The van der Waals surface area contributed by atoms with Crippen molar-refractivity contribution in [3.63, 3.8) is 0 Å². The van der Waals surface area contributed by atoms with Crippen molar-refractivity contribution in [2.24, 2.45) is 11.8 Å². The Morgan fingerprint density at radius 3 is 2.50 bits per heavy atom. The van der Waals surface area contributed by atoms with E-state index in [0.717, 1.165) is 37.5 Å². The summed E-state index contributed by atoms with van der Waals surface area (Å²) in [5.41, 5.74) is 1.18. The van der Waals surface area contributed by atoms with Gasteiger partial charge in [0.2, 0.25) is 0 Å². The van der Waals surface area contributed by atoms with Gasteiger partial charge in [-0.2, -0.15) is 0 Å². The number of hydrogen-bond donors (Lipinski definition) is 0. The summed E-state index contributed by atoms with van der Waals surface area (Å²) in [6.07, 6.45) is 2.91. The van der Waals surface area contributed by atoms with E-state index in [1.54, 1.807) is 6.07 Å². The molecule has 20 heavy (non-hydrogen) atoms. The second kappa shape index (κ2) is 6.03. The Hall–Kier alpha value is -1.91. The van der Waals surface area contributed by atoms with Gasteiger partial charge < -0.3 is 4.90 Å². The summed E-state index contributed by atoms with van der Waals surface area (Å²) < 4.78 is 0. The number of rotatable bonds is 4. The highest BCUT2D eigenvalue weighted by molar-refractivity contribution is 5.86. The van der Waals surface area contributed by atoms with Crippen LogP contribution in [0.4, 0.5) is 11.4 Å². The van der Waals surface area contributed by atoms with Crippen LogP contribution in [-0.4, -0.2) is 24.3 Å². The maximum absolute atomic E-state index is 11.2. The van der Waals surface area contributed by atoms with Crippen LogP contribution in [0.1, 0.15) is 37.0 Å². The fraction of sp³-hybridized carbons (Fsp3) is 0.533. The highest BCUT2D eigenvalue weighted by atomic mass is 16.6. The van der Waals surface area contributed by atoms with Crippen molar-refractivity contribution in [1.82, 2.24) is 0 Å². The molecule has 5 nitrogen and oxygen atoms in total.